The minimum atomic E-state index is 0.245. The molecule has 88 valence electrons. The quantitative estimate of drug-likeness (QED) is 0.924. The van der Waals surface area contributed by atoms with Gasteiger partial charge in [-0.15, -0.1) is 0 Å². The van der Waals surface area contributed by atoms with Crippen molar-refractivity contribution in [3.63, 3.8) is 0 Å². The maximum Gasteiger partial charge on any atom is 0.123 e. The average molecular weight is 286 g/mol. The Labute approximate surface area is 104 Å². The molecular weight excluding hydrogens is 270 g/mol. The van der Waals surface area contributed by atoms with Gasteiger partial charge in [-0.2, -0.15) is 0 Å². The molecule has 1 unspecified atom stereocenters. The third kappa shape index (κ3) is 2.97. The summed E-state index contributed by atoms with van der Waals surface area (Å²) in [5.74, 6) is 0.862. The summed E-state index contributed by atoms with van der Waals surface area (Å²) in [6.45, 7) is 1.97. The Hall–Kier alpha value is -0.580. The molecule has 1 heterocycles. The van der Waals surface area contributed by atoms with Gasteiger partial charge in [-0.1, -0.05) is 15.9 Å². The Kier molecular flexibility index (Phi) is 4.21. The molecule has 1 aliphatic rings. The predicted octanol–water partition coefficient (Wildman–Crippen LogP) is 2.47. The van der Waals surface area contributed by atoms with E-state index in [0.717, 1.165) is 35.2 Å². The maximum absolute atomic E-state index is 5.74. The molecule has 1 atom stereocenters. The van der Waals surface area contributed by atoms with Crippen LogP contribution in [0.25, 0.3) is 0 Å². The van der Waals surface area contributed by atoms with E-state index in [-0.39, 0.29) is 6.10 Å². The van der Waals surface area contributed by atoms with Gasteiger partial charge in [0.2, 0.25) is 0 Å². The van der Waals surface area contributed by atoms with E-state index in [1.54, 1.807) is 0 Å². The molecule has 1 aliphatic heterocycles. The van der Waals surface area contributed by atoms with E-state index in [2.05, 4.69) is 15.9 Å². The molecule has 0 spiro atoms. The standard InChI is InChI=1S/C12H16BrNO2/c13-10-3-4-12(9(6-10)7-14)16-8-11-2-1-5-15-11/h3-4,6,11H,1-2,5,7-8,14H2. The molecule has 0 amide bonds. The highest BCUT2D eigenvalue weighted by Gasteiger charge is 2.16. The van der Waals surface area contributed by atoms with Gasteiger partial charge in [-0.05, 0) is 31.0 Å². The number of nitrogens with two attached hydrogens (primary N) is 1. The van der Waals surface area contributed by atoms with Crippen LogP contribution in [0, 0.1) is 0 Å². The van der Waals surface area contributed by atoms with Crippen molar-refractivity contribution in [3.8, 4) is 5.75 Å². The van der Waals surface area contributed by atoms with Crippen LogP contribution < -0.4 is 10.5 Å². The Morgan fingerprint density at radius 3 is 3.06 bits per heavy atom. The highest BCUT2D eigenvalue weighted by atomic mass is 79.9. The van der Waals surface area contributed by atoms with E-state index in [9.17, 15) is 0 Å². The van der Waals surface area contributed by atoms with Gasteiger partial charge in [0.1, 0.15) is 12.4 Å². The zero-order valence-corrected chi connectivity index (χ0v) is 10.7. The number of hydrogen-bond donors (Lipinski definition) is 1. The minimum Gasteiger partial charge on any atom is -0.491 e. The van der Waals surface area contributed by atoms with Crippen molar-refractivity contribution in [3.05, 3.63) is 28.2 Å². The minimum absolute atomic E-state index is 0.245. The van der Waals surface area contributed by atoms with Crippen LogP contribution >= 0.6 is 15.9 Å². The number of hydrogen-bond acceptors (Lipinski definition) is 3. The van der Waals surface area contributed by atoms with E-state index in [4.69, 9.17) is 15.2 Å². The SMILES string of the molecule is NCc1cc(Br)ccc1OCC1CCCO1. The van der Waals surface area contributed by atoms with Crippen molar-refractivity contribution in [2.75, 3.05) is 13.2 Å². The van der Waals surface area contributed by atoms with Crippen LogP contribution in [0.2, 0.25) is 0 Å². The molecular formula is C12H16BrNO2. The highest BCUT2D eigenvalue weighted by molar-refractivity contribution is 9.10. The van der Waals surface area contributed by atoms with Gasteiger partial charge < -0.3 is 15.2 Å². The van der Waals surface area contributed by atoms with Crippen LogP contribution in [0.1, 0.15) is 18.4 Å². The third-order valence-electron chi connectivity index (χ3n) is 2.69. The van der Waals surface area contributed by atoms with Gasteiger partial charge in [-0.25, -0.2) is 0 Å². The van der Waals surface area contributed by atoms with Gasteiger partial charge in [0, 0.05) is 23.2 Å². The van der Waals surface area contributed by atoms with E-state index in [1.807, 2.05) is 18.2 Å². The van der Waals surface area contributed by atoms with Gasteiger partial charge in [0.15, 0.2) is 0 Å². The number of rotatable bonds is 4. The first-order chi connectivity index (χ1) is 7.79. The average Bonchev–Trinajstić information content (AvgIpc) is 2.80. The normalized spacial score (nSPS) is 20.0. The van der Waals surface area contributed by atoms with Crippen molar-refractivity contribution in [2.24, 2.45) is 5.73 Å². The van der Waals surface area contributed by atoms with Crippen molar-refractivity contribution in [1.82, 2.24) is 0 Å². The summed E-state index contributed by atoms with van der Waals surface area (Å²) in [5.41, 5.74) is 6.69. The summed E-state index contributed by atoms with van der Waals surface area (Å²) in [4.78, 5) is 0. The van der Waals surface area contributed by atoms with Crippen LogP contribution in [0.4, 0.5) is 0 Å². The molecule has 1 aromatic rings. The summed E-state index contributed by atoms with van der Waals surface area (Å²) in [6, 6.07) is 5.90. The van der Waals surface area contributed by atoms with E-state index in [1.165, 1.54) is 0 Å². The molecule has 0 aliphatic carbocycles. The second-order valence-electron chi connectivity index (χ2n) is 3.90. The number of halogens is 1. The fourth-order valence-corrected chi connectivity index (χ4v) is 2.22. The van der Waals surface area contributed by atoms with Crippen LogP contribution in [-0.2, 0) is 11.3 Å². The Bertz CT molecular complexity index is 351. The first-order valence-corrected chi connectivity index (χ1v) is 6.32. The summed E-state index contributed by atoms with van der Waals surface area (Å²) in [6.07, 6.45) is 2.47. The summed E-state index contributed by atoms with van der Waals surface area (Å²) >= 11 is 3.42. The second kappa shape index (κ2) is 5.66. The molecule has 1 fully saturated rings. The monoisotopic (exact) mass is 285 g/mol. The molecule has 1 aromatic carbocycles. The number of ether oxygens (including phenoxy) is 2. The predicted molar refractivity (Wildman–Crippen MR) is 66.5 cm³/mol. The maximum atomic E-state index is 5.74. The molecule has 2 rings (SSSR count). The first-order valence-electron chi connectivity index (χ1n) is 5.52. The smallest absolute Gasteiger partial charge is 0.123 e. The number of benzene rings is 1. The fraction of sp³-hybridized carbons (Fsp3) is 0.500. The first kappa shape index (κ1) is 11.9. The zero-order chi connectivity index (χ0) is 11.4. The van der Waals surface area contributed by atoms with E-state index in [0.29, 0.717) is 13.2 Å². The highest BCUT2D eigenvalue weighted by Crippen LogP contribution is 2.24. The molecule has 0 bridgehead atoms. The summed E-state index contributed by atoms with van der Waals surface area (Å²) in [5, 5.41) is 0. The van der Waals surface area contributed by atoms with Crippen molar-refractivity contribution < 1.29 is 9.47 Å². The zero-order valence-electron chi connectivity index (χ0n) is 9.12. The van der Waals surface area contributed by atoms with Crippen LogP contribution in [0.15, 0.2) is 22.7 Å². The van der Waals surface area contributed by atoms with Crippen molar-refractivity contribution >= 4 is 15.9 Å². The Balaban J connectivity index is 1.97. The summed E-state index contributed by atoms with van der Waals surface area (Å²) < 4.78 is 12.3. The molecule has 3 nitrogen and oxygen atoms in total. The lowest BCUT2D eigenvalue weighted by Crippen LogP contribution is -2.17. The van der Waals surface area contributed by atoms with Crippen LogP contribution in [-0.4, -0.2) is 19.3 Å². The Morgan fingerprint density at radius 2 is 2.38 bits per heavy atom. The second-order valence-corrected chi connectivity index (χ2v) is 4.82. The van der Waals surface area contributed by atoms with Gasteiger partial charge in [0.05, 0.1) is 6.10 Å². The molecule has 0 saturated carbocycles. The van der Waals surface area contributed by atoms with Gasteiger partial charge >= 0.3 is 0 Å². The molecule has 16 heavy (non-hydrogen) atoms. The third-order valence-corrected chi connectivity index (χ3v) is 3.18. The topological polar surface area (TPSA) is 44.5 Å². The molecule has 0 radical (unpaired) electrons. The van der Waals surface area contributed by atoms with Crippen LogP contribution in [0.3, 0.4) is 0 Å². The molecule has 0 aromatic heterocycles. The largest absolute Gasteiger partial charge is 0.491 e. The Morgan fingerprint density at radius 1 is 1.50 bits per heavy atom. The lowest BCUT2D eigenvalue weighted by Gasteiger charge is -2.14. The van der Waals surface area contributed by atoms with Crippen molar-refractivity contribution in [2.45, 2.75) is 25.5 Å². The van der Waals surface area contributed by atoms with E-state index >= 15 is 0 Å². The van der Waals surface area contributed by atoms with Crippen LogP contribution in [0.5, 0.6) is 5.75 Å². The molecule has 4 heteroatoms. The van der Waals surface area contributed by atoms with Crippen molar-refractivity contribution in [1.29, 1.82) is 0 Å². The molecule has 2 N–H and O–H groups in total. The lowest BCUT2D eigenvalue weighted by molar-refractivity contribution is 0.0676. The van der Waals surface area contributed by atoms with Gasteiger partial charge in [0.25, 0.3) is 0 Å². The summed E-state index contributed by atoms with van der Waals surface area (Å²) in [7, 11) is 0. The van der Waals surface area contributed by atoms with Gasteiger partial charge in [-0.3, -0.25) is 0 Å². The molecule has 1 saturated heterocycles. The van der Waals surface area contributed by atoms with E-state index < -0.39 is 0 Å². The fourth-order valence-electron chi connectivity index (χ4n) is 1.81. The lowest BCUT2D eigenvalue weighted by atomic mass is 10.2.